The quantitative estimate of drug-likeness (QED) is 0.237. The van der Waals surface area contributed by atoms with Gasteiger partial charge in [-0.2, -0.15) is 0 Å². The average molecular weight is 533 g/mol. The van der Waals surface area contributed by atoms with Crippen molar-refractivity contribution in [1.82, 2.24) is 15.1 Å². The Morgan fingerprint density at radius 1 is 0.975 bits per heavy atom. The Bertz CT molecular complexity index is 1910. The van der Waals surface area contributed by atoms with E-state index >= 15 is 0 Å². The Morgan fingerprint density at radius 3 is 2.55 bits per heavy atom. The maximum atomic E-state index is 14.7. The lowest BCUT2D eigenvalue weighted by Crippen LogP contribution is -2.13. The molecule has 0 fully saturated rings. The summed E-state index contributed by atoms with van der Waals surface area (Å²) in [4.78, 5) is 22.8. The first-order valence-electron chi connectivity index (χ1n) is 12.8. The van der Waals surface area contributed by atoms with Crippen molar-refractivity contribution in [3.63, 3.8) is 0 Å². The molecule has 8 heteroatoms. The van der Waals surface area contributed by atoms with Crippen LogP contribution in [0.1, 0.15) is 29.8 Å². The van der Waals surface area contributed by atoms with E-state index in [-0.39, 0.29) is 17.3 Å². The number of anilines is 1. The van der Waals surface area contributed by atoms with Crippen molar-refractivity contribution in [1.29, 1.82) is 0 Å². The predicted octanol–water partition coefficient (Wildman–Crippen LogP) is 7.50. The number of fused-ring (bicyclic) bond motifs is 1. The summed E-state index contributed by atoms with van der Waals surface area (Å²) in [5.41, 5.74) is 5.62. The molecule has 1 unspecified atom stereocenters. The van der Waals surface area contributed by atoms with Crippen molar-refractivity contribution >= 4 is 16.7 Å². The zero-order chi connectivity index (χ0) is 27.8. The highest BCUT2D eigenvalue weighted by molar-refractivity contribution is 5.91. The maximum absolute atomic E-state index is 14.7. The second-order valence-electron chi connectivity index (χ2n) is 9.67. The minimum atomic E-state index is -0.360. The van der Waals surface area contributed by atoms with Gasteiger partial charge < -0.3 is 14.3 Å². The summed E-state index contributed by atoms with van der Waals surface area (Å²) in [6.45, 7) is 5.68. The molecule has 4 heterocycles. The summed E-state index contributed by atoms with van der Waals surface area (Å²) in [6.07, 6.45) is 6.41. The molecule has 0 bridgehead atoms. The molecule has 0 spiro atoms. The summed E-state index contributed by atoms with van der Waals surface area (Å²) in [5, 5.41) is 7.90. The SMILES string of the molecule is Cc1cc(C(C)Nc2cccnc2-c2ccccc2F)c2oc(-c3cccnc3)c(-c3conc3C)c(=O)c2c1. The molecule has 198 valence electrons. The van der Waals surface area contributed by atoms with Crippen LogP contribution in [-0.2, 0) is 0 Å². The van der Waals surface area contributed by atoms with Gasteiger partial charge in [0.15, 0.2) is 0 Å². The lowest BCUT2D eigenvalue weighted by Gasteiger charge is -2.20. The molecule has 0 aliphatic carbocycles. The lowest BCUT2D eigenvalue weighted by atomic mass is 9.96. The van der Waals surface area contributed by atoms with E-state index in [1.165, 1.54) is 12.3 Å². The molecule has 1 atom stereocenters. The van der Waals surface area contributed by atoms with Crippen LogP contribution in [0.15, 0.2) is 99.3 Å². The zero-order valence-electron chi connectivity index (χ0n) is 22.1. The van der Waals surface area contributed by atoms with Gasteiger partial charge in [-0.15, -0.1) is 0 Å². The molecule has 0 radical (unpaired) electrons. The molecule has 0 aliphatic heterocycles. The Morgan fingerprint density at radius 2 is 1.80 bits per heavy atom. The zero-order valence-corrected chi connectivity index (χ0v) is 22.1. The number of halogens is 1. The van der Waals surface area contributed by atoms with Gasteiger partial charge >= 0.3 is 0 Å². The van der Waals surface area contributed by atoms with Crippen molar-refractivity contribution in [3.05, 3.63) is 118 Å². The molecular weight excluding hydrogens is 507 g/mol. The van der Waals surface area contributed by atoms with Crippen LogP contribution in [0.5, 0.6) is 0 Å². The Kier molecular flexibility index (Phi) is 6.43. The van der Waals surface area contributed by atoms with Crippen LogP contribution >= 0.6 is 0 Å². The van der Waals surface area contributed by atoms with Crippen LogP contribution in [0.3, 0.4) is 0 Å². The number of aromatic nitrogens is 3. The molecule has 4 aromatic heterocycles. The van der Waals surface area contributed by atoms with Gasteiger partial charge in [-0.3, -0.25) is 14.8 Å². The van der Waals surface area contributed by atoms with E-state index in [0.29, 0.717) is 56.1 Å². The first kappa shape index (κ1) is 25.2. The summed E-state index contributed by atoms with van der Waals surface area (Å²) < 4.78 is 26.4. The number of nitrogens with zero attached hydrogens (tertiary/aromatic N) is 3. The van der Waals surface area contributed by atoms with Gasteiger partial charge in [0.05, 0.1) is 39.6 Å². The lowest BCUT2D eigenvalue weighted by molar-refractivity contribution is 0.415. The summed E-state index contributed by atoms with van der Waals surface area (Å²) in [6, 6.07) is 17.3. The van der Waals surface area contributed by atoms with Gasteiger partial charge in [-0.25, -0.2) is 4.39 Å². The van der Waals surface area contributed by atoms with Crippen molar-refractivity contribution in [2.45, 2.75) is 26.8 Å². The van der Waals surface area contributed by atoms with E-state index in [2.05, 4.69) is 20.4 Å². The van der Waals surface area contributed by atoms with E-state index < -0.39 is 0 Å². The Balaban J connectivity index is 1.54. The highest BCUT2D eigenvalue weighted by atomic mass is 19.1. The van der Waals surface area contributed by atoms with Crippen LogP contribution in [0, 0.1) is 19.7 Å². The summed E-state index contributed by atoms with van der Waals surface area (Å²) in [7, 11) is 0. The smallest absolute Gasteiger partial charge is 0.201 e. The van der Waals surface area contributed by atoms with E-state index in [4.69, 9.17) is 8.94 Å². The number of nitrogens with one attached hydrogen (secondary N) is 1. The standard InChI is InChI=1S/C32H25FN4O3/c1-18-14-23(19(2)36-27-11-7-13-35-29(27)22-9-4-5-10-26(22)33)32-24(15-18)30(38)28(25-17-39-37-20(25)3)31(40-32)21-8-6-12-34-16-21/h4-17,19,36H,1-3H3. The first-order chi connectivity index (χ1) is 19.4. The Labute approximate surface area is 229 Å². The molecule has 0 saturated carbocycles. The third-order valence-electron chi connectivity index (χ3n) is 6.88. The van der Waals surface area contributed by atoms with E-state index in [0.717, 1.165) is 11.1 Å². The highest BCUT2D eigenvalue weighted by Crippen LogP contribution is 2.37. The van der Waals surface area contributed by atoms with Crippen LogP contribution in [0.25, 0.3) is 44.7 Å². The van der Waals surface area contributed by atoms with Gasteiger partial charge in [0.1, 0.15) is 23.4 Å². The van der Waals surface area contributed by atoms with Gasteiger partial charge in [-0.1, -0.05) is 23.4 Å². The average Bonchev–Trinajstić information content (AvgIpc) is 3.39. The normalized spacial score (nSPS) is 12.0. The molecule has 6 aromatic rings. The van der Waals surface area contributed by atoms with Crippen molar-refractivity contribution in [2.75, 3.05) is 5.32 Å². The molecule has 40 heavy (non-hydrogen) atoms. The predicted molar refractivity (Wildman–Crippen MR) is 152 cm³/mol. The molecule has 2 aromatic carbocycles. The first-order valence-corrected chi connectivity index (χ1v) is 12.8. The fourth-order valence-electron chi connectivity index (χ4n) is 4.97. The monoisotopic (exact) mass is 532 g/mol. The minimum absolute atomic E-state index is 0.197. The number of benzene rings is 2. The molecule has 7 nitrogen and oxygen atoms in total. The Hall–Kier alpha value is -5.11. The van der Waals surface area contributed by atoms with E-state index in [1.807, 2.05) is 38.1 Å². The third-order valence-corrected chi connectivity index (χ3v) is 6.88. The van der Waals surface area contributed by atoms with Crippen molar-refractivity contribution in [2.24, 2.45) is 0 Å². The summed E-state index contributed by atoms with van der Waals surface area (Å²) in [5.74, 6) is 0.0178. The fraction of sp³-hybridized carbons (Fsp3) is 0.125. The van der Waals surface area contributed by atoms with Gasteiger partial charge in [0.2, 0.25) is 5.43 Å². The number of hydrogen-bond donors (Lipinski definition) is 1. The minimum Gasteiger partial charge on any atom is -0.455 e. The van der Waals surface area contributed by atoms with E-state index in [9.17, 15) is 9.18 Å². The van der Waals surface area contributed by atoms with Crippen LogP contribution in [-0.4, -0.2) is 15.1 Å². The maximum Gasteiger partial charge on any atom is 0.201 e. The summed E-state index contributed by atoms with van der Waals surface area (Å²) >= 11 is 0. The fourth-order valence-corrected chi connectivity index (χ4v) is 4.97. The van der Waals surface area contributed by atoms with Crippen LogP contribution < -0.4 is 10.7 Å². The van der Waals surface area contributed by atoms with E-state index in [1.54, 1.807) is 55.8 Å². The second-order valence-corrected chi connectivity index (χ2v) is 9.67. The number of rotatable bonds is 6. The van der Waals surface area contributed by atoms with Crippen LogP contribution in [0.2, 0.25) is 0 Å². The van der Waals surface area contributed by atoms with Gasteiger partial charge in [0.25, 0.3) is 0 Å². The van der Waals surface area contributed by atoms with Crippen LogP contribution in [0.4, 0.5) is 10.1 Å². The number of hydrogen-bond acceptors (Lipinski definition) is 7. The second kappa shape index (κ2) is 10.2. The third kappa shape index (κ3) is 4.43. The van der Waals surface area contributed by atoms with Crippen molar-refractivity contribution < 1.29 is 13.3 Å². The molecule has 0 saturated heterocycles. The number of pyridine rings is 2. The molecule has 0 amide bonds. The van der Waals surface area contributed by atoms with Crippen molar-refractivity contribution in [3.8, 4) is 33.7 Å². The molecule has 0 aliphatic rings. The highest BCUT2D eigenvalue weighted by Gasteiger charge is 2.24. The van der Waals surface area contributed by atoms with Gasteiger partial charge in [-0.05, 0) is 68.8 Å². The molecule has 6 rings (SSSR count). The largest absolute Gasteiger partial charge is 0.455 e. The number of aryl methyl sites for hydroxylation is 2. The molecular formula is C32H25FN4O3. The topological polar surface area (TPSA) is 94.1 Å². The molecule has 1 N–H and O–H groups in total. The van der Waals surface area contributed by atoms with Gasteiger partial charge in [0, 0.05) is 35.3 Å².